The van der Waals surface area contributed by atoms with Crippen molar-refractivity contribution in [3.63, 3.8) is 0 Å². The standard InChI is InChI=1S/C22H31F6N3O9S3/c23-20(24,16(32)29-10-4-1-5-11-29)41(35,36)19(42(37,38)21(25,26)17(33)30-12-6-2-7-13-30)43(39,40)22(27,28)18(34)31-14-8-3-9-15-31/h19H,1-15H2. The maximum absolute atomic E-state index is 15.4. The third-order valence-corrected chi connectivity index (χ3v) is 16.3. The maximum Gasteiger partial charge on any atom is 0.424 e. The first-order chi connectivity index (χ1) is 19.7. The fourth-order valence-corrected chi connectivity index (χ4v) is 13.1. The van der Waals surface area contributed by atoms with Crippen LogP contribution in [-0.4, -0.2) is 117 Å². The Bertz CT molecular complexity index is 1250. The Hall–Kier alpha value is -2.16. The van der Waals surface area contributed by atoms with Crippen molar-refractivity contribution >= 4 is 47.2 Å². The van der Waals surface area contributed by atoms with E-state index in [4.69, 9.17) is 0 Å². The van der Waals surface area contributed by atoms with Crippen LogP contribution in [0.5, 0.6) is 0 Å². The molecular weight excluding hydrogens is 660 g/mol. The molecule has 3 fully saturated rings. The van der Waals surface area contributed by atoms with Crippen LogP contribution in [0, 0.1) is 0 Å². The van der Waals surface area contributed by atoms with Crippen LogP contribution in [0.1, 0.15) is 57.8 Å². The van der Waals surface area contributed by atoms with Gasteiger partial charge in [-0.3, -0.25) is 14.4 Å². The zero-order valence-electron chi connectivity index (χ0n) is 22.7. The third-order valence-electron chi connectivity index (χ3n) is 7.51. The van der Waals surface area contributed by atoms with E-state index >= 15 is 26.3 Å². The second kappa shape index (κ2) is 12.3. The monoisotopic (exact) mass is 691 g/mol. The largest absolute Gasteiger partial charge is 0.424 e. The lowest BCUT2D eigenvalue weighted by atomic mass is 10.1. The van der Waals surface area contributed by atoms with Gasteiger partial charge in [-0.05, 0) is 57.8 Å². The summed E-state index contributed by atoms with van der Waals surface area (Å²) in [5.41, 5.74) is 0. The molecule has 3 aliphatic heterocycles. The Labute approximate surface area is 244 Å². The molecule has 3 saturated heterocycles. The number of hydrogen-bond donors (Lipinski definition) is 0. The molecule has 0 atom stereocenters. The topological polar surface area (TPSA) is 163 Å². The summed E-state index contributed by atoms with van der Waals surface area (Å²) >= 11 is 0. The molecule has 21 heteroatoms. The van der Waals surface area contributed by atoms with Crippen LogP contribution in [0.15, 0.2) is 0 Å². The molecule has 0 spiro atoms. The van der Waals surface area contributed by atoms with Gasteiger partial charge in [0.2, 0.25) is 0 Å². The summed E-state index contributed by atoms with van der Waals surface area (Å²) in [6.07, 6.45) is 1.47. The normalized spacial score (nSPS) is 20.3. The first-order valence-corrected chi connectivity index (χ1v) is 18.0. The summed E-state index contributed by atoms with van der Waals surface area (Å²) < 4.78 is 166. The summed E-state index contributed by atoms with van der Waals surface area (Å²) in [6, 6.07) is 0. The molecule has 0 aromatic carbocycles. The average molecular weight is 692 g/mol. The SMILES string of the molecule is O=C(N1CCCCC1)C(F)(F)S(=O)(=O)C(S(=O)(=O)C(F)(F)C(=O)N1CCCCC1)S(=O)(=O)C(F)(F)C(=O)N1CCCCC1. The molecule has 3 rings (SSSR count). The van der Waals surface area contributed by atoms with Crippen LogP contribution in [0.25, 0.3) is 0 Å². The predicted molar refractivity (Wildman–Crippen MR) is 137 cm³/mol. The zero-order chi connectivity index (χ0) is 32.6. The third kappa shape index (κ3) is 6.08. The van der Waals surface area contributed by atoms with Crippen LogP contribution < -0.4 is 0 Å². The number of piperidine rings is 3. The number of amides is 3. The molecule has 248 valence electrons. The molecule has 3 aliphatic rings. The van der Waals surface area contributed by atoms with Gasteiger partial charge in [0.1, 0.15) is 0 Å². The summed E-state index contributed by atoms with van der Waals surface area (Å²) in [5, 5.41) is -18.5. The maximum atomic E-state index is 15.4. The molecule has 3 heterocycles. The van der Waals surface area contributed by atoms with E-state index in [2.05, 4.69) is 0 Å². The molecule has 0 aromatic rings. The molecular formula is C22H31F6N3O9S3. The van der Waals surface area contributed by atoms with Gasteiger partial charge >= 0.3 is 33.5 Å². The highest BCUT2D eigenvalue weighted by atomic mass is 32.3. The second-order valence-electron chi connectivity index (χ2n) is 10.5. The summed E-state index contributed by atoms with van der Waals surface area (Å²) in [7, 11) is -23.3. The van der Waals surface area contributed by atoms with Crippen molar-refractivity contribution in [2.24, 2.45) is 0 Å². The lowest BCUT2D eigenvalue weighted by Crippen LogP contribution is -2.63. The van der Waals surface area contributed by atoms with E-state index in [1.807, 2.05) is 0 Å². The Morgan fingerprint density at radius 1 is 0.419 bits per heavy atom. The van der Waals surface area contributed by atoms with Crippen LogP contribution >= 0.6 is 0 Å². The van der Waals surface area contributed by atoms with Gasteiger partial charge in [-0.1, -0.05) is 0 Å². The van der Waals surface area contributed by atoms with Crippen molar-refractivity contribution in [1.82, 2.24) is 14.7 Å². The van der Waals surface area contributed by atoms with Crippen LogP contribution in [-0.2, 0) is 43.9 Å². The Balaban J connectivity index is 2.23. The fraction of sp³-hybridized carbons (Fsp3) is 0.864. The quantitative estimate of drug-likeness (QED) is 0.325. The predicted octanol–water partition coefficient (Wildman–Crippen LogP) is 1.33. The van der Waals surface area contributed by atoms with E-state index in [9.17, 15) is 39.6 Å². The molecule has 43 heavy (non-hydrogen) atoms. The van der Waals surface area contributed by atoms with E-state index in [0.717, 1.165) is 0 Å². The van der Waals surface area contributed by atoms with E-state index < -0.39 is 106 Å². The highest BCUT2D eigenvalue weighted by molar-refractivity contribution is 8.25. The second-order valence-corrected chi connectivity index (χ2v) is 17.7. The number of halogens is 6. The van der Waals surface area contributed by atoms with Gasteiger partial charge in [-0.2, -0.15) is 26.3 Å². The number of carbonyl (C=O) groups excluding carboxylic acids is 3. The van der Waals surface area contributed by atoms with Crippen molar-refractivity contribution in [2.75, 3.05) is 39.3 Å². The van der Waals surface area contributed by atoms with Gasteiger partial charge < -0.3 is 14.7 Å². The number of hydrogen-bond acceptors (Lipinski definition) is 9. The van der Waals surface area contributed by atoms with Gasteiger partial charge in [0.05, 0.1) is 0 Å². The Morgan fingerprint density at radius 3 is 0.791 bits per heavy atom. The number of alkyl halides is 6. The van der Waals surface area contributed by atoms with Crippen molar-refractivity contribution in [1.29, 1.82) is 0 Å². The number of carbonyl (C=O) groups is 3. The van der Waals surface area contributed by atoms with Gasteiger partial charge in [0, 0.05) is 39.3 Å². The lowest BCUT2D eigenvalue weighted by Gasteiger charge is -2.35. The zero-order valence-corrected chi connectivity index (χ0v) is 25.1. The Kier molecular flexibility index (Phi) is 10.1. The minimum absolute atomic E-state index is 0.0483. The number of sulfone groups is 3. The summed E-state index contributed by atoms with van der Waals surface area (Å²) in [6.45, 7) is -3.16. The van der Waals surface area contributed by atoms with E-state index in [-0.39, 0.29) is 53.2 Å². The number of rotatable bonds is 9. The van der Waals surface area contributed by atoms with Crippen molar-refractivity contribution < 1.29 is 66.0 Å². The fourth-order valence-electron chi connectivity index (χ4n) is 5.07. The molecule has 0 unspecified atom stereocenters. The molecule has 0 aromatic heterocycles. The number of likely N-dealkylation sites (tertiary alicyclic amines) is 3. The molecule has 0 bridgehead atoms. The van der Waals surface area contributed by atoms with Crippen LogP contribution in [0.4, 0.5) is 26.3 Å². The lowest BCUT2D eigenvalue weighted by molar-refractivity contribution is -0.148. The van der Waals surface area contributed by atoms with Gasteiger partial charge in [0.15, 0.2) is 0 Å². The minimum Gasteiger partial charge on any atom is -0.337 e. The molecule has 0 saturated carbocycles. The summed E-state index contributed by atoms with van der Waals surface area (Å²) in [4.78, 5) is 38.3. The molecule has 3 amide bonds. The van der Waals surface area contributed by atoms with Crippen LogP contribution in [0.2, 0.25) is 0 Å². The Morgan fingerprint density at radius 2 is 0.605 bits per heavy atom. The number of nitrogens with zero attached hydrogens (tertiary/aromatic N) is 3. The van der Waals surface area contributed by atoms with E-state index in [1.54, 1.807) is 0 Å². The van der Waals surface area contributed by atoms with Crippen molar-refractivity contribution in [3.8, 4) is 0 Å². The van der Waals surface area contributed by atoms with Gasteiger partial charge in [-0.25, -0.2) is 25.3 Å². The highest BCUT2D eigenvalue weighted by Gasteiger charge is 2.76. The minimum atomic E-state index is -7.76. The van der Waals surface area contributed by atoms with Gasteiger partial charge in [-0.15, -0.1) is 0 Å². The molecule has 0 radical (unpaired) electrons. The smallest absolute Gasteiger partial charge is 0.337 e. The summed E-state index contributed by atoms with van der Waals surface area (Å²) in [5.74, 6) is -8.21. The molecule has 0 N–H and O–H groups in total. The highest BCUT2D eigenvalue weighted by Crippen LogP contribution is 2.44. The molecule has 0 aliphatic carbocycles. The van der Waals surface area contributed by atoms with Crippen molar-refractivity contribution in [3.05, 3.63) is 0 Å². The first kappa shape index (κ1) is 35.3. The van der Waals surface area contributed by atoms with Crippen LogP contribution in [0.3, 0.4) is 0 Å². The average Bonchev–Trinajstić information content (AvgIpc) is 2.96. The van der Waals surface area contributed by atoms with E-state index in [0.29, 0.717) is 19.3 Å². The van der Waals surface area contributed by atoms with E-state index in [1.165, 1.54) is 0 Å². The van der Waals surface area contributed by atoms with Crippen molar-refractivity contribution in [2.45, 2.75) is 77.5 Å². The van der Waals surface area contributed by atoms with Gasteiger partial charge in [0.25, 0.3) is 33.4 Å². The first-order valence-electron chi connectivity index (χ1n) is 13.4. The molecule has 12 nitrogen and oxygen atoms in total.